The lowest BCUT2D eigenvalue weighted by Gasteiger charge is -2.12. The Bertz CT molecular complexity index is 1020. The Morgan fingerprint density at radius 1 is 0.893 bits per heavy atom. The Balaban J connectivity index is 1.74. The number of hydrogen-bond donors (Lipinski definition) is 2. The van der Waals surface area contributed by atoms with Gasteiger partial charge in [-0.2, -0.15) is 0 Å². The number of pyridine rings is 1. The molecule has 0 aliphatic rings. The number of hydrogen-bond acceptors (Lipinski definition) is 3. The maximum Gasteiger partial charge on any atom is 0.258 e. The van der Waals surface area contributed by atoms with Gasteiger partial charge in [0.15, 0.2) is 0 Å². The van der Waals surface area contributed by atoms with Gasteiger partial charge in [-0.05, 0) is 36.8 Å². The van der Waals surface area contributed by atoms with E-state index in [9.17, 15) is 9.59 Å². The number of halogens is 2. The van der Waals surface area contributed by atoms with Crippen molar-refractivity contribution >= 4 is 40.7 Å². The summed E-state index contributed by atoms with van der Waals surface area (Å²) in [6, 6.07) is 17.6. The average Bonchev–Trinajstić information content (AvgIpc) is 2.67. The van der Waals surface area contributed by atoms with E-state index in [-0.39, 0.29) is 21.8 Å². The van der Waals surface area contributed by atoms with E-state index < -0.39 is 5.91 Å². The van der Waals surface area contributed by atoms with E-state index in [1.807, 2.05) is 31.2 Å². The molecule has 0 radical (unpaired) electrons. The Morgan fingerprint density at radius 2 is 1.61 bits per heavy atom. The second kappa shape index (κ2) is 8.87. The van der Waals surface area contributed by atoms with Gasteiger partial charge in [0.05, 0.1) is 16.8 Å². The molecule has 0 unspecified atom stereocenters. The lowest BCUT2D eigenvalue weighted by Crippen LogP contribution is -2.25. The van der Waals surface area contributed by atoms with Gasteiger partial charge in [0, 0.05) is 6.54 Å². The summed E-state index contributed by atoms with van der Waals surface area (Å²) < 4.78 is 0. The number of para-hydroxylation sites is 1. The second-order valence-corrected chi connectivity index (χ2v) is 6.89. The molecule has 0 aliphatic carbocycles. The summed E-state index contributed by atoms with van der Waals surface area (Å²) >= 11 is 11.7. The highest BCUT2D eigenvalue weighted by Gasteiger charge is 2.16. The molecule has 28 heavy (non-hydrogen) atoms. The van der Waals surface area contributed by atoms with E-state index in [1.54, 1.807) is 24.3 Å². The third kappa shape index (κ3) is 4.88. The molecule has 2 amide bonds. The maximum atomic E-state index is 12.6. The zero-order valence-corrected chi connectivity index (χ0v) is 16.5. The average molecular weight is 414 g/mol. The fourth-order valence-corrected chi connectivity index (χ4v) is 2.98. The predicted molar refractivity (Wildman–Crippen MR) is 111 cm³/mol. The molecule has 0 fully saturated rings. The summed E-state index contributed by atoms with van der Waals surface area (Å²) in [4.78, 5) is 29.0. The van der Waals surface area contributed by atoms with E-state index in [4.69, 9.17) is 23.2 Å². The Labute approximate surface area is 172 Å². The fraction of sp³-hybridized carbons (Fsp3) is 0.0952. The Morgan fingerprint density at radius 3 is 2.32 bits per heavy atom. The van der Waals surface area contributed by atoms with Crippen LogP contribution in [0.2, 0.25) is 10.3 Å². The van der Waals surface area contributed by atoms with E-state index in [0.29, 0.717) is 17.8 Å². The molecule has 1 heterocycles. The zero-order valence-electron chi connectivity index (χ0n) is 15.0. The third-order valence-electron chi connectivity index (χ3n) is 4.05. The number of aryl methyl sites for hydroxylation is 1. The van der Waals surface area contributed by atoms with Crippen LogP contribution in [-0.2, 0) is 6.54 Å². The van der Waals surface area contributed by atoms with Crippen LogP contribution < -0.4 is 10.6 Å². The van der Waals surface area contributed by atoms with Crippen LogP contribution in [0, 0.1) is 6.92 Å². The first kappa shape index (κ1) is 19.9. The van der Waals surface area contributed by atoms with Crippen LogP contribution in [0.5, 0.6) is 0 Å². The van der Waals surface area contributed by atoms with Crippen molar-refractivity contribution in [2.75, 3.05) is 5.32 Å². The monoisotopic (exact) mass is 413 g/mol. The van der Waals surface area contributed by atoms with Gasteiger partial charge >= 0.3 is 0 Å². The lowest BCUT2D eigenvalue weighted by molar-refractivity contribution is 0.0952. The minimum Gasteiger partial charge on any atom is -0.348 e. The van der Waals surface area contributed by atoms with Gasteiger partial charge in [-0.3, -0.25) is 9.59 Å². The molecule has 0 atom stereocenters. The number of carbonyl (C=O) groups is 2. The maximum absolute atomic E-state index is 12.6. The molecule has 0 spiro atoms. The molecular formula is C21H17Cl2N3O2. The summed E-state index contributed by atoms with van der Waals surface area (Å²) in [6.07, 6.45) is 0. The summed E-state index contributed by atoms with van der Waals surface area (Å²) in [7, 11) is 0. The van der Waals surface area contributed by atoms with Crippen LogP contribution in [-0.4, -0.2) is 16.8 Å². The van der Waals surface area contributed by atoms with Crippen molar-refractivity contribution in [3.05, 3.63) is 93.2 Å². The summed E-state index contributed by atoms with van der Waals surface area (Å²) in [6.45, 7) is 2.39. The van der Waals surface area contributed by atoms with Crippen LogP contribution in [0.4, 0.5) is 5.69 Å². The van der Waals surface area contributed by atoms with Crippen molar-refractivity contribution in [2.45, 2.75) is 13.5 Å². The molecule has 5 nitrogen and oxygen atoms in total. The fourth-order valence-electron chi connectivity index (χ4n) is 2.54. The van der Waals surface area contributed by atoms with Crippen LogP contribution in [0.25, 0.3) is 0 Å². The van der Waals surface area contributed by atoms with Gasteiger partial charge in [-0.25, -0.2) is 4.98 Å². The lowest BCUT2D eigenvalue weighted by atomic mass is 10.1. The first-order valence-electron chi connectivity index (χ1n) is 8.50. The topological polar surface area (TPSA) is 71.1 Å². The van der Waals surface area contributed by atoms with Crippen molar-refractivity contribution in [1.29, 1.82) is 0 Å². The second-order valence-electron chi connectivity index (χ2n) is 6.14. The van der Waals surface area contributed by atoms with Crippen LogP contribution in [0.3, 0.4) is 0 Å². The minimum atomic E-state index is -0.479. The molecule has 0 aliphatic heterocycles. The highest BCUT2D eigenvalue weighted by atomic mass is 35.5. The largest absolute Gasteiger partial charge is 0.348 e. The molecule has 3 rings (SSSR count). The number of nitrogens with zero attached hydrogens (tertiary/aromatic N) is 1. The molecule has 0 saturated carbocycles. The molecule has 3 aromatic rings. The molecule has 2 N–H and O–H groups in total. The van der Waals surface area contributed by atoms with Crippen molar-refractivity contribution in [2.24, 2.45) is 0 Å². The van der Waals surface area contributed by atoms with Gasteiger partial charge in [-0.15, -0.1) is 0 Å². The van der Waals surface area contributed by atoms with Gasteiger partial charge in [-0.1, -0.05) is 65.2 Å². The van der Waals surface area contributed by atoms with Crippen molar-refractivity contribution in [1.82, 2.24) is 10.3 Å². The van der Waals surface area contributed by atoms with E-state index >= 15 is 0 Å². The van der Waals surface area contributed by atoms with Gasteiger partial charge in [0.1, 0.15) is 10.3 Å². The van der Waals surface area contributed by atoms with Crippen molar-refractivity contribution < 1.29 is 9.59 Å². The van der Waals surface area contributed by atoms with Gasteiger partial charge < -0.3 is 10.6 Å². The summed E-state index contributed by atoms with van der Waals surface area (Å²) in [5.74, 6) is -0.773. The minimum absolute atomic E-state index is 0.00805. The summed E-state index contributed by atoms with van der Waals surface area (Å²) in [5.41, 5.74) is 3.03. The van der Waals surface area contributed by atoms with Crippen molar-refractivity contribution in [3.8, 4) is 0 Å². The van der Waals surface area contributed by atoms with Crippen LogP contribution in [0.1, 0.15) is 31.8 Å². The molecule has 0 saturated heterocycles. The molecule has 142 valence electrons. The number of rotatable bonds is 5. The van der Waals surface area contributed by atoms with Gasteiger partial charge in [0.2, 0.25) is 0 Å². The molecule has 1 aromatic heterocycles. The first-order valence-corrected chi connectivity index (χ1v) is 9.26. The number of carbonyl (C=O) groups excluding carboxylic acids is 2. The summed E-state index contributed by atoms with van der Waals surface area (Å²) in [5, 5.41) is 5.75. The SMILES string of the molecule is Cc1ccc(CNC(=O)c2ccccc2NC(=O)c2ccc(Cl)nc2Cl)cc1. The first-order chi connectivity index (χ1) is 13.4. The number of benzene rings is 2. The zero-order chi connectivity index (χ0) is 20.1. The molecule has 0 bridgehead atoms. The highest BCUT2D eigenvalue weighted by molar-refractivity contribution is 6.35. The number of amides is 2. The molecule has 2 aromatic carbocycles. The number of nitrogens with one attached hydrogen (secondary N) is 2. The van der Waals surface area contributed by atoms with Crippen LogP contribution >= 0.6 is 23.2 Å². The molecular weight excluding hydrogens is 397 g/mol. The molecule has 7 heteroatoms. The Hall–Kier alpha value is -2.89. The highest BCUT2D eigenvalue weighted by Crippen LogP contribution is 2.20. The standard InChI is InChI=1S/C21H17Cl2N3O2/c1-13-6-8-14(9-7-13)12-24-20(27)15-4-2-3-5-17(15)25-21(28)16-10-11-18(22)26-19(16)23/h2-11H,12H2,1H3,(H,24,27)(H,25,28). The van der Waals surface area contributed by atoms with E-state index in [1.165, 1.54) is 12.1 Å². The van der Waals surface area contributed by atoms with E-state index in [0.717, 1.165) is 11.1 Å². The predicted octanol–water partition coefficient (Wildman–Crippen LogP) is 4.88. The van der Waals surface area contributed by atoms with Gasteiger partial charge in [0.25, 0.3) is 11.8 Å². The Kier molecular flexibility index (Phi) is 6.29. The smallest absolute Gasteiger partial charge is 0.258 e. The normalized spacial score (nSPS) is 10.4. The third-order valence-corrected chi connectivity index (χ3v) is 4.55. The number of anilines is 1. The quantitative estimate of drug-likeness (QED) is 0.585. The van der Waals surface area contributed by atoms with Crippen LogP contribution in [0.15, 0.2) is 60.7 Å². The van der Waals surface area contributed by atoms with Crippen molar-refractivity contribution in [3.63, 3.8) is 0 Å². The van der Waals surface area contributed by atoms with E-state index in [2.05, 4.69) is 15.6 Å². The number of aromatic nitrogens is 1.